The van der Waals surface area contributed by atoms with Gasteiger partial charge in [0.15, 0.2) is 0 Å². The quantitative estimate of drug-likeness (QED) is 0.665. The summed E-state index contributed by atoms with van der Waals surface area (Å²) >= 11 is 0. The minimum absolute atomic E-state index is 0.181. The summed E-state index contributed by atoms with van der Waals surface area (Å²) in [5.74, 6) is 1.06. The summed E-state index contributed by atoms with van der Waals surface area (Å²) in [5.41, 5.74) is 1.64. The zero-order valence-corrected chi connectivity index (χ0v) is 19.9. The van der Waals surface area contributed by atoms with Gasteiger partial charge in [-0.1, -0.05) is 0 Å². The monoisotopic (exact) mass is 469 g/mol. The van der Waals surface area contributed by atoms with E-state index in [1.54, 1.807) is 13.3 Å². The number of aromatic nitrogens is 2. The number of hydrogen-bond donors (Lipinski definition) is 0. The molecule has 3 aliphatic rings. The van der Waals surface area contributed by atoms with Crippen molar-refractivity contribution in [2.75, 3.05) is 57.9 Å². The molecule has 0 unspecified atom stereocenters. The second-order valence-electron chi connectivity index (χ2n) is 9.58. The summed E-state index contributed by atoms with van der Waals surface area (Å²) in [7, 11) is 1.60. The zero-order valence-electron chi connectivity index (χ0n) is 19.9. The number of pyridine rings is 2. The van der Waals surface area contributed by atoms with E-state index in [4.69, 9.17) is 9.47 Å². The van der Waals surface area contributed by atoms with E-state index in [0.717, 1.165) is 51.5 Å². The summed E-state index contributed by atoms with van der Waals surface area (Å²) in [5, 5.41) is 0. The molecule has 182 valence electrons. The standard InChI is InChI=1S/C25H32FN5O3/c1-3-34-24(32)31-16-25(17-31)7-6-19(13-25)29-8-10-30(11-9-29)23-21(12-18(26)14-28-23)22-5-4-20(33-2)15-27-22/h4-5,12,14-15,19H,3,6-11,13,16-17H2,1-2H3/t19-/m1/s1. The van der Waals surface area contributed by atoms with Crippen LogP contribution in [0.5, 0.6) is 5.75 Å². The normalized spacial score (nSPS) is 22.0. The van der Waals surface area contributed by atoms with Crippen molar-refractivity contribution in [3.8, 4) is 17.0 Å². The number of halogens is 1. The molecule has 2 aromatic rings. The van der Waals surface area contributed by atoms with Crippen molar-refractivity contribution in [1.29, 1.82) is 0 Å². The van der Waals surface area contributed by atoms with E-state index >= 15 is 0 Å². The second kappa shape index (κ2) is 9.37. The van der Waals surface area contributed by atoms with Crippen LogP contribution >= 0.6 is 0 Å². The van der Waals surface area contributed by atoms with Gasteiger partial charge in [0.1, 0.15) is 17.4 Å². The van der Waals surface area contributed by atoms with Crippen LogP contribution in [-0.4, -0.2) is 84.9 Å². The molecule has 9 heteroatoms. The molecule has 1 atom stereocenters. The van der Waals surface area contributed by atoms with Gasteiger partial charge in [0, 0.05) is 56.3 Å². The largest absolute Gasteiger partial charge is 0.495 e. The Morgan fingerprint density at radius 3 is 2.65 bits per heavy atom. The van der Waals surface area contributed by atoms with Crippen molar-refractivity contribution < 1.29 is 18.7 Å². The van der Waals surface area contributed by atoms with Gasteiger partial charge in [-0.25, -0.2) is 14.2 Å². The predicted molar refractivity (Wildman–Crippen MR) is 126 cm³/mol. The molecular formula is C25H32FN5O3. The van der Waals surface area contributed by atoms with Crippen molar-refractivity contribution in [2.24, 2.45) is 5.41 Å². The van der Waals surface area contributed by atoms with Gasteiger partial charge < -0.3 is 19.3 Å². The van der Waals surface area contributed by atoms with Crippen LogP contribution < -0.4 is 9.64 Å². The molecule has 0 bridgehead atoms. The van der Waals surface area contributed by atoms with Crippen LogP contribution in [0.1, 0.15) is 26.2 Å². The molecule has 1 amide bonds. The van der Waals surface area contributed by atoms with Crippen molar-refractivity contribution in [1.82, 2.24) is 19.8 Å². The number of carbonyl (C=O) groups excluding carboxylic acids is 1. The maximum atomic E-state index is 14.1. The van der Waals surface area contributed by atoms with Crippen LogP contribution in [-0.2, 0) is 4.74 Å². The molecule has 1 aliphatic carbocycles. The highest BCUT2D eigenvalue weighted by Crippen LogP contribution is 2.47. The highest BCUT2D eigenvalue weighted by molar-refractivity contribution is 5.73. The molecule has 1 saturated carbocycles. The number of hydrogen-bond acceptors (Lipinski definition) is 7. The first-order valence-electron chi connectivity index (χ1n) is 12.1. The van der Waals surface area contributed by atoms with E-state index in [1.165, 1.54) is 25.1 Å². The van der Waals surface area contributed by atoms with E-state index in [1.807, 2.05) is 24.0 Å². The van der Waals surface area contributed by atoms with Gasteiger partial charge in [0.2, 0.25) is 0 Å². The first kappa shape index (κ1) is 22.8. The molecular weight excluding hydrogens is 437 g/mol. The fourth-order valence-electron chi connectivity index (χ4n) is 5.71. The van der Waals surface area contributed by atoms with Crippen LogP contribution in [0.4, 0.5) is 15.0 Å². The maximum absolute atomic E-state index is 14.1. The Labute approximate surface area is 199 Å². The van der Waals surface area contributed by atoms with Gasteiger partial charge in [0.25, 0.3) is 0 Å². The number of nitrogens with zero attached hydrogens (tertiary/aromatic N) is 5. The number of likely N-dealkylation sites (tertiary alicyclic amines) is 1. The summed E-state index contributed by atoms with van der Waals surface area (Å²) in [6, 6.07) is 5.73. The minimum atomic E-state index is -0.372. The third-order valence-corrected chi connectivity index (χ3v) is 7.47. The topological polar surface area (TPSA) is 71.0 Å². The molecule has 34 heavy (non-hydrogen) atoms. The van der Waals surface area contributed by atoms with Gasteiger partial charge >= 0.3 is 6.09 Å². The molecule has 8 nitrogen and oxygen atoms in total. The number of carbonyl (C=O) groups is 1. The lowest BCUT2D eigenvalue weighted by atomic mass is 9.78. The molecule has 3 fully saturated rings. The van der Waals surface area contributed by atoms with Crippen molar-refractivity contribution in [2.45, 2.75) is 32.2 Å². The summed E-state index contributed by atoms with van der Waals surface area (Å²) in [6.07, 6.45) is 6.22. The van der Waals surface area contributed by atoms with E-state index in [9.17, 15) is 9.18 Å². The molecule has 5 rings (SSSR count). The Balaban J connectivity index is 1.21. The third kappa shape index (κ3) is 4.41. The Morgan fingerprint density at radius 2 is 1.97 bits per heavy atom. The van der Waals surface area contributed by atoms with Gasteiger partial charge in [-0.3, -0.25) is 9.88 Å². The molecule has 4 heterocycles. The molecule has 0 aromatic carbocycles. The molecule has 0 N–H and O–H groups in total. The van der Waals surface area contributed by atoms with Crippen molar-refractivity contribution >= 4 is 11.9 Å². The highest BCUT2D eigenvalue weighted by Gasteiger charge is 2.51. The number of ether oxygens (including phenoxy) is 2. The van der Waals surface area contributed by atoms with Crippen LogP contribution in [0.3, 0.4) is 0 Å². The highest BCUT2D eigenvalue weighted by atomic mass is 19.1. The summed E-state index contributed by atoms with van der Waals surface area (Å²) in [4.78, 5) is 27.5. The van der Waals surface area contributed by atoms with Crippen LogP contribution in [0.15, 0.2) is 30.6 Å². The van der Waals surface area contributed by atoms with E-state index < -0.39 is 0 Å². The third-order valence-electron chi connectivity index (χ3n) is 7.47. The SMILES string of the molecule is CCOC(=O)N1CC2(CC[C@@H](N3CCN(c4ncc(F)cc4-c4ccc(OC)cn4)CC3)C2)C1. The second-order valence-corrected chi connectivity index (χ2v) is 9.58. The van der Waals surface area contributed by atoms with Gasteiger partial charge in [-0.05, 0) is 44.4 Å². The number of piperazine rings is 1. The average Bonchev–Trinajstić information content (AvgIpc) is 3.29. The Kier molecular flexibility index (Phi) is 6.29. The molecule has 0 radical (unpaired) electrons. The number of anilines is 1. The zero-order chi connectivity index (χ0) is 23.7. The van der Waals surface area contributed by atoms with E-state index in [0.29, 0.717) is 29.7 Å². The van der Waals surface area contributed by atoms with Crippen molar-refractivity contribution in [3.05, 3.63) is 36.4 Å². The van der Waals surface area contributed by atoms with Crippen molar-refractivity contribution in [3.63, 3.8) is 0 Å². The lowest BCUT2D eigenvalue weighted by molar-refractivity contribution is -0.00294. The Hall–Kier alpha value is -2.94. The van der Waals surface area contributed by atoms with Gasteiger partial charge in [0.05, 0.1) is 31.8 Å². The van der Waals surface area contributed by atoms with Crippen LogP contribution in [0, 0.1) is 11.2 Å². The number of rotatable bonds is 5. The molecule has 2 aromatic heterocycles. The maximum Gasteiger partial charge on any atom is 0.409 e. The fraction of sp³-hybridized carbons (Fsp3) is 0.560. The molecule has 2 aliphatic heterocycles. The lowest BCUT2D eigenvalue weighted by Crippen LogP contribution is -2.58. The Bertz CT molecular complexity index is 1020. The lowest BCUT2D eigenvalue weighted by Gasteiger charge is -2.48. The van der Waals surface area contributed by atoms with Crippen LogP contribution in [0.25, 0.3) is 11.3 Å². The summed E-state index contributed by atoms with van der Waals surface area (Å²) < 4.78 is 24.4. The summed E-state index contributed by atoms with van der Waals surface area (Å²) in [6.45, 7) is 7.46. The smallest absolute Gasteiger partial charge is 0.409 e. The first-order chi connectivity index (χ1) is 16.5. The first-order valence-corrected chi connectivity index (χ1v) is 12.1. The average molecular weight is 470 g/mol. The number of amides is 1. The van der Waals surface area contributed by atoms with E-state index in [-0.39, 0.29) is 17.3 Å². The molecule has 1 spiro atoms. The van der Waals surface area contributed by atoms with Crippen LogP contribution in [0.2, 0.25) is 0 Å². The van der Waals surface area contributed by atoms with Gasteiger partial charge in [-0.15, -0.1) is 0 Å². The van der Waals surface area contributed by atoms with E-state index in [2.05, 4.69) is 19.8 Å². The minimum Gasteiger partial charge on any atom is -0.495 e. The van der Waals surface area contributed by atoms with Gasteiger partial charge in [-0.2, -0.15) is 0 Å². The molecule has 2 saturated heterocycles. The predicted octanol–water partition coefficient (Wildman–Crippen LogP) is 3.42. The number of methoxy groups -OCH3 is 1. The Morgan fingerprint density at radius 1 is 1.18 bits per heavy atom. The fourth-order valence-corrected chi connectivity index (χ4v) is 5.71.